The molecule has 1 amide bonds. The topological polar surface area (TPSA) is 78.9 Å². The highest BCUT2D eigenvalue weighted by atomic mass is 19.4. The van der Waals surface area contributed by atoms with Crippen molar-refractivity contribution >= 4 is 11.9 Å². The van der Waals surface area contributed by atoms with Crippen molar-refractivity contribution in [1.82, 2.24) is 10.4 Å². The van der Waals surface area contributed by atoms with Crippen molar-refractivity contribution in [2.24, 2.45) is 0 Å². The average Bonchev–Trinajstić information content (AvgIpc) is 2.55. The average molecular weight is 360 g/mol. The second kappa shape index (κ2) is 7.40. The molecular formula is C16H19F3N2O4. The second-order valence-electron chi connectivity index (χ2n) is 6.12. The monoisotopic (exact) mass is 360 g/mol. The molecule has 25 heavy (non-hydrogen) atoms. The van der Waals surface area contributed by atoms with Gasteiger partial charge in [-0.1, -0.05) is 30.3 Å². The predicted octanol–water partition coefficient (Wildman–Crippen LogP) is 2.10. The lowest BCUT2D eigenvalue weighted by Crippen LogP contribution is -2.64. The summed E-state index contributed by atoms with van der Waals surface area (Å²) in [7, 11) is 0. The Labute approximate surface area is 142 Å². The van der Waals surface area contributed by atoms with Gasteiger partial charge in [0.2, 0.25) is 0 Å². The lowest BCUT2D eigenvalue weighted by atomic mass is 9.86. The van der Waals surface area contributed by atoms with Gasteiger partial charge in [-0.3, -0.25) is 9.63 Å². The molecule has 1 saturated heterocycles. The molecule has 6 nitrogen and oxygen atoms in total. The fraction of sp³-hybridized carbons (Fsp3) is 0.500. The van der Waals surface area contributed by atoms with Crippen LogP contribution in [-0.2, 0) is 21.0 Å². The summed E-state index contributed by atoms with van der Waals surface area (Å²) in [4.78, 5) is 28.7. The first-order chi connectivity index (χ1) is 11.6. The van der Waals surface area contributed by atoms with Crippen LogP contribution in [0.3, 0.4) is 0 Å². The van der Waals surface area contributed by atoms with Crippen LogP contribution in [0.2, 0.25) is 0 Å². The highest BCUT2D eigenvalue weighted by molar-refractivity contribution is 5.89. The van der Waals surface area contributed by atoms with Crippen LogP contribution in [0.4, 0.5) is 13.2 Å². The van der Waals surface area contributed by atoms with E-state index < -0.39 is 36.2 Å². The summed E-state index contributed by atoms with van der Waals surface area (Å²) < 4.78 is 38.4. The van der Waals surface area contributed by atoms with Crippen molar-refractivity contribution < 1.29 is 32.7 Å². The summed E-state index contributed by atoms with van der Waals surface area (Å²) in [6.07, 6.45) is -4.99. The quantitative estimate of drug-likeness (QED) is 0.787. The fourth-order valence-electron chi connectivity index (χ4n) is 2.70. The molecule has 1 fully saturated rings. The van der Waals surface area contributed by atoms with E-state index in [4.69, 9.17) is 4.84 Å². The van der Waals surface area contributed by atoms with Crippen LogP contribution < -0.4 is 5.48 Å². The summed E-state index contributed by atoms with van der Waals surface area (Å²) in [6, 6.07) is 8.53. The van der Waals surface area contributed by atoms with Gasteiger partial charge >= 0.3 is 18.1 Å². The minimum absolute atomic E-state index is 0.115. The third kappa shape index (κ3) is 4.49. The number of carboxylic acid groups (broad SMARTS) is 1. The van der Waals surface area contributed by atoms with Gasteiger partial charge < -0.3 is 10.0 Å². The summed E-state index contributed by atoms with van der Waals surface area (Å²) in [5.41, 5.74) is 1.60. The number of amides is 1. The molecule has 0 unspecified atom stereocenters. The maximum atomic E-state index is 12.8. The molecular weight excluding hydrogens is 341 g/mol. The predicted molar refractivity (Wildman–Crippen MR) is 81.2 cm³/mol. The van der Waals surface area contributed by atoms with E-state index in [1.54, 1.807) is 0 Å². The first-order valence-corrected chi connectivity index (χ1v) is 7.68. The van der Waals surface area contributed by atoms with Gasteiger partial charge in [-0.25, -0.2) is 4.79 Å². The molecule has 1 heterocycles. The zero-order valence-electron chi connectivity index (χ0n) is 13.5. The number of hydrogen-bond donors (Lipinski definition) is 2. The number of carbonyl (C=O) groups is 2. The Morgan fingerprint density at radius 2 is 2.00 bits per heavy atom. The van der Waals surface area contributed by atoms with Crippen molar-refractivity contribution in [3.05, 3.63) is 35.9 Å². The Morgan fingerprint density at radius 3 is 2.56 bits per heavy atom. The lowest BCUT2D eigenvalue weighted by molar-refractivity contribution is -0.198. The van der Waals surface area contributed by atoms with E-state index in [9.17, 15) is 27.9 Å². The number of likely N-dealkylation sites (tertiary alicyclic amines) is 1. The van der Waals surface area contributed by atoms with Crippen LogP contribution in [0.15, 0.2) is 30.3 Å². The minimum atomic E-state index is -5.14. The molecule has 0 aliphatic carbocycles. The number of piperidine rings is 1. The largest absolute Gasteiger partial charge is 0.480 e. The number of aliphatic carboxylic acids is 1. The van der Waals surface area contributed by atoms with Gasteiger partial charge in [-0.15, -0.1) is 0 Å². The summed E-state index contributed by atoms with van der Waals surface area (Å²) >= 11 is 0. The molecule has 2 rings (SSSR count). The Bertz CT molecular complexity index is 624. The third-order valence-electron chi connectivity index (χ3n) is 4.26. The van der Waals surface area contributed by atoms with Crippen LogP contribution in [0.1, 0.15) is 25.3 Å². The van der Waals surface area contributed by atoms with E-state index in [1.807, 2.05) is 30.3 Å². The fourth-order valence-corrected chi connectivity index (χ4v) is 2.70. The van der Waals surface area contributed by atoms with Crippen molar-refractivity contribution in [2.45, 2.75) is 44.1 Å². The van der Waals surface area contributed by atoms with Gasteiger partial charge in [-0.05, 0) is 25.3 Å². The van der Waals surface area contributed by atoms with E-state index in [0.29, 0.717) is 4.90 Å². The highest BCUT2D eigenvalue weighted by Gasteiger charge is 2.53. The number of hydroxylamine groups is 1. The van der Waals surface area contributed by atoms with Crippen molar-refractivity contribution in [2.75, 3.05) is 6.54 Å². The Balaban J connectivity index is 2.02. The second-order valence-corrected chi connectivity index (χ2v) is 6.12. The van der Waals surface area contributed by atoms with Crippen molar-refractivity contribution in [3.63, 3.8) is 0 Å². The van der Waals surface area contributed by atoms with E-state index in [0.717, 1.165) is 12.5 Å². The van der Waals surface area contributed by atoms with E-state index in [-0.39, 0.29) is 19.4 Å². The third-order valence-corrected chi connectivity index (χ3v) is 4.26. The van der Waals surface area contributed by atoms with Crippen molar-refractivity contribution in [1.29, 1.82) is 0 Å². The molecule has 2 N–H and O–H groups in total. The molecule has 1 aliphatic heterocycles. The molecule has 1 aliphatic rings. The van der Waals surface area contributed by atoms with Crippen LogP contribution >= 0.6 is 0 Å². The number of carbonyl (C=O) groups excluding carboxylic acids is 1. The van der Waals surface area contributed by atoms with Gasteiger partial charge in [0.25, 0.3) is 0 Å². The van der Waals surface area contributed by atoms with Crippen molar-refractivity contribution in [3.8, 4) is 0 Å². The molecule has 0 saturated carbocycles. The summed E-state index contributed by atoms with van der Waals surface area (Å²) in [5, 5.41) is 9.28. The molecule has 1 aromatic carbocycles. The van der Waals surface area contributed by atoms with Gasteiger partial charge in [0.1, 0.15) is 5.54 Å². The van der Waals surface area contributed by atoms with Gasteiger partial charge in [-0.2, -0.15) is 18.7 Å². The molecule has 138 valence electrons. The number of alkyl halides is 3. The van der Waals surface area contributed by atoms with Crippen LogP contribution in [0.25, 0.3) is 0 Å². The van der Waals surface area contributed by atoms with Crippen LogP contribution in [-0.4, -0.2) is 46.2 Å². The molecule has 0 radical (unpaired) electrons. The number of halogens is 3. The Morgan fingerprint density at radius 1 is 1.36 bits per heavy atom. The van der Waals surface area contributed by atoms with Gasteiger partial charge in [0.15, 0.2) is 0 Å². The molecule has 2 atom stereocenters. The van der Waals surface area contributed by atoms with Gasteiger partial charge in [0.05, 0.1) is 6.61 Å². The van der Waals surface area contributed by atoms with Crippen LogP contribution in [0, 0.1) is 0 Å². The normalized spacial score (nSPS) is 24.2. The number of nitrogens with zero attached hydrogens (tertiary/aromatic N) is 1. The van der Waals surface area contributed by atoms with E-state index in [2.05, 4.69) is 5.48 Å². The molecule has 0 aromatic heterocycles. The number of nitrogens with one attached hydrogen (secondary N) is 1. The highest BCUT2D eigenvalue weighted by Crippen LogP contribution is 2.32. The Kier molecular flexibility index (Phi) is 5.69. The van der Waals surface area contributed by atoms with Gasteiger partial charge in [0, 0.05) is 12.6 Å². The lowest BCUT2D eigenvalue weighted by Gasteiger charge is -2.44. The summed E-state index contributed by atoms with van der Waals surface area (Å²) in [6.45, 7) is 0.913. The first-order valence-electron chi connectivity index (χ1n) is 7.68. The molecule has 1 aromatic rings. The minimum Gasteiger partial charge on any atom is -0.480 e. The number of rotatable bonds is 5. The van der Waals surface area contributed by atoms with E-state index in [1.165, 1.54) is 0 Å². The zero-order chi connectivity index (χ0) is 18.7. The summed E-state index contributed by atoms with van der Waals surface area (Å²) in [5.74, 6) is -3.62. The number of benzene rings is 1. The smallest absolute Gasteiger partial charge is 0.471 e. The first kappa shape index (κ1) is 19.2. The zero-order valence-corrected chi connectivity index (χ0v) is 13.5. The SMILES string of the molecule is C[C@@]1(C(=O)O)CC[C@@H](NOCc2ccccc2)CN1C(=O)C(F)(F)F. The maximum Gasteiger partial charge on any atom is 0.471 e. The molecule has 9 heteroatoms. The Hall–Kier alpha value is -2.13. The number of hydrogen-bond acceptors (Lipinski definition) is 4. The maximum absolute atomic E-state index is 12.8. The van der Waals surface area contributed by atoms with E-state index >= 15 is 0 Å². The standard InChI is InChI=1S/C16H19F3N2O4/c1-15(14(23)24)8-7-12(9-21(15)13(22)16(17,18)19)20-25-10-11-5-3-2-4-6-11/h2-6,12,20H,7-10H2,1H3,(H,23,24)/t12-,15+/m1/s1. The number of carboxylic acids is 1. The molecule has 0 bridgehead atoms. The molecule has 0 spiro atoms. The van der Waals surface area contributed by atoms with Crippen LogP contribution in [0.5, 0.6) is 0 Å².